The van der Waals surface area contributed by atoms with Gasteiger partial charge in [-0.25, -0.2) is 4.98 Å². The van der Waals surface area contributed by atoms with Crippen LogP contribution in [0.4, 0.5) is 0 Å². The number of nitrogens with one attached hydrogen (secondary N) is 1. The molecule has 0 aromatic carbocycles. The number of nitrogens with zero attached hydrogens (tertiary/aromatic N) is 3. The van der Waals surface area contributed by atoms with Gasteiger partial charge in [-0.3, -0.25) is 9.59 Å². The van der Waals surface area contributed by atoms with Crippen LogP contribution in [0.3, 0.4) is 0 Å². The number of aromatic nitrogens is 2. The minimum absolute atomic E-state index is 0.0164. The molecule has 0 unspecified atom stereocenters. The number of piperidine rings is 1. The Kier molecular flexibility index (Phi) is 5.67. The van der Waals surface area contributed by atoms with E-state index in [2.05, 4.69) is 10.3 Å². The van der Waals surface area contributed by atoms with Crippen LogP contribution in [0.25, 0.3) is 0 Å². The van der Waals surface area contributed by atoms with Crippen molar-refractivity contribution in [3.8, 4) is 0 Å². The summed E-state index contributed by atoms with van der Waals surface area (Å²) in [7, 11) is 1.95. The number of rotatable bonds is 5. The number of amides is 2. The maximum atomic E-state index is 12.2. The van der Waals surface area contributed by atoms with E-state index in [1.54, 1.807) is 22.9 Å². The molecular weight excluding hydrogens is 288 g/mol. The molecule has 2 amide bonds. The molecule has 7 heteroatoms. The summed E-state index contributed by atoms with van der Waals surface area (Å²) in [5, 5.41) is 3.87. The Labute approximate surface area is 129 Å². The Bertz CT molecular complexity index is 503. The lowest BCUT2D eigenvalue weighted by atomic mass is 10.0. The van der Waals surface area contributed by atoms with Crippen LogP contribution >= 0.6 is 11.8 Å². The highest BCUT2D eigenvalue weighted by Gasteiger charge is 2.29. The van der Waals surface area contributed by atoms with E-state index >= 15 is 0 Å². The van der Waals surface area contributed by atoms with Crippen molar-refractivity contribution >= 4 is 23.6 Å². The first-order valence-electron chi connectivity index (χ1n) is 7.24. The van der Waals surface area contributed by atoms with Crippen LogP contribution in [0.5, 0.6) is 0 Å². The molecule has 0 aliphatic carbocycles. The summed E-state index contributed by atoms with van der Waals surface area (Å²) >= 11 is 1.61. The second-order valence-corrected chi connectivity index (χ2v) is 6.25. The number of hydrogen-bond donors (Lipinski definition) is 1. The van der Waals surface area contributed by atoms with Gasteiger partial charge in [-0.15, -0.1) is 0 Å². The summed E-state index contributed by atoms with van der Waals surface area (Å²) < 4.78 is 1.95. The second-order valence-electron chi connectivity index (χ2n) is 5.18. The Morgan fingerprint density at radius 2 is 2.29 bits per heavy atom. The molecule has 6 nitrogen and oxygen atoms in total. The third kappa shape index (κ3) is 4.23. The molecule has 1 aromatic heterocycles. The van der Waals surface area contributed by atoms with Crippen LogP contribution in [-0.4, -0.2) is 51.1 Å². The smallest absolute Gasteiger partial charge is 0.242 e. The average Bonchev–Trinajstić information content (AvgIpc) is 2.88. The molecule has 21 heavy (non-hydrogen) atoms. The highest BCUT2D eigenvalue weighted by atomic mass is 32.2. The molecule has 0 spiro atoms. The van der Waals surface area contributed by atoms with Gasteiger partial charge in [-0.05, 0) is 19.3 Å². The van der Waals surface area contributed by atoms with Crippen molar-refractivity contribution in [1.29, 1.82) is 0 Å². The number of hydrogen-bond acceptors (Lipinski definition) is 4. The zero-order valence-corrected chi connectivity index (χ0v) is 13.4. The van der Waals surface area contributed by atoms with Crippen molar-refractivity contribution in [2.24, 2.45) is 7.05 Å². The lowest BCUT2D eigenvalue weighted by Crippen LogP contribution is -2.51. The number of likely N-dealkylation sites (tertiary alicyclic amines) is 1. The SMILES string of the molecule is CC(=O)N1CCCC[C@H]1C(=O)NCCSc1nccn1C. The monoisotopic (exact) mass is 310 g/mol. The summed E-state index contributed by atoms with van der Waals surface area (Å²) in [5.41, 5.74) is 0. The van der Waals surface area contributed by atoms with E-state index in [-0.39, 0.29) is 17.9 Å². The van der Waals surface area contributed by atoms with Crippen molar-refractivity contribution < 1.29 is 9.59 Å². The number of aryl methyl sites for hydroxylation is 1. The van der Waals surface area contributed by atoms with Gasteiger partial charge in [0, 0.05) is 45.2 Å². The van der Waals surface area contributed by atoms with Crippen molar-refractivity contribution in [1.82, 2.24) is 19.8 Å². The van der Waals surface area contributed by atoms with Crippen LogP contribution in [0.2, 0.25) is 0 Å². The minimum atomic E-state index is -0.297. The van der Waals surface area contributed by atoms with E-state index in [4.69, 9.17) is 0 Å². The molecule has 0 radical (unpaired) electrons. The number of imidazole rings is 1. The average molecular weight is 310 g/mol. The number of thioether (sulfide) groups is 1. The van der Waals surface area contributed by atoms with E-state index in [1.807, 2.05) is 17.8 Å². The van der Waals surface area contributed by atoms with Gasteiger partial charge in [0.1, 0.15) is 6.04 Å². The molecule has 0 bridgehead atoms. The Hall–Kier alpha value is -1.50. The molecule has 1 aliphatic rings. The van der Waals surface area contributed by atoms with Crippen molar-refractivity contribution in [2.45, 2.75) is 37.4 Å². The summed E-state index contributed by atoms with van der Waals surface area (Å²) in [5.74, 6) is 0.714. The Morgan fingerprint density at radius 1 is 1.48 bits per heavy atom. The predicted octanol–water partition coefficient (Wildman–Crippen LogP) is 1.03. The molecule has 116 valence electrons. The second kappa shape index (κ2) is 7.49. The first-order chi connectivity index (χ1) is 10.1. The first-order valence-corrected chi connectivity index (χ1v) is 8.23. The summed E-state index contributed by atoms with van der Waals surface area (Å²) in [6.45, 7) is 2.80. The lowest BCUT2D eigenvalue weighted by molar-refractivity contribution is -0.140. The molecule has 2 rings (SSSR count). The zero-order valence-electron chi connectivity index (χ0n) is 12.5. The number of carbonyl (C=O) groups is 2. The van der Waals surface area contributed by atoms with E-state index in [0.717, 1.165) is 30.2 Å². The Morgan fingerprint density at radius 3 is 2.95 bits per heavy atom. The zero-order chi connectivity index (χ0) is 15.2. The van der Waals surface area contributed by atoms with Crippen LogP contribution in [-0.2, 0) is 16.6 Å². The van der Waals surface area contributed by atoms with Gasteiger partial charge in [-0.2, -0.15) is 0 Å². The fourth-order valence-electron chi connectivity index (χ4n) is 2.51. The largest absolute Gasteiger partial charge is 0.353 e. The lowest BCUT2D eigenvalue weighted by Gasteiger charge is -2.33. The molecule has 1 aromatic rings. The van der Waals surface area contributed by atoms with Gasteiger partial charge in [0.25, 0.3) is 0 Å². The third-order valence-electron chi connectivity index (χ3n) is 3.62. The van der Waals surface area contributed by atoms with Gasteiger partial charge >= 0.3 is 0 Å². The first kappa shape index (κ1) is 15.9. The van der Waals surface area contributed by atoms with Gasteiger partial charge in [0.05, 0.1) is 0 Å². The van der Waals surface area contributed by atoms with Crippen LogP contribution in [0.15, 0.2) is 17.6 Å². The summed E-state index contributed by atoms with van der Waals surface area (Å²) in [6, 6.07) is -0.297. The fourth-order valence-corrected chi connectivity index (χ4v) is 3.29. The molecule has 0 saturated carbocycles. The summed E-state index contributed by atoms with van der Waals surface area (Å²) in [6.07, 6.45) is 6.40. The molecule has 1 N–H and O–H groups in total. The topological polar surface area (TPSA) is 67.2 Å². The Balaban J connectivity index is 1.75. The van der Waals surface area contributed by atoms with E-state index in [0.29, 0.717) is 13.1 Å². The van der Waals surface area contributed by atoms with Crippen molar-refractivity contribution in [2.75, 3.05) is 18.8 Å². The van der Waals surface area contributed by atoms with Crippen LogP contribution in [0, 0.1) is 0 Å². The van der Waals surface area contributed by atoms with Gasteiger partial charge in [0.15, 0.2) is 5.16 Å². The third-order valence-corrected chi connectivity index (χ3v) is 4.68. The van der Waals surface area contributed by atoms with Gasteiger partial charge < -0.3 is 14.8 Å². The molecular formula is C14H22N4O2S. The molecule has 1 fully saturated rings. The van der Waals surface area contributed by atoms with Crippen LogP contribution < -0.4 is 5.32 Å². The molecule has 1 saturated heterocycles. The predicted molar refractivity (Wildman–Crippen MR) is 82.0 cm³/mol. The standard InChI is InChI=1S/C14H22N4O2S/c1-11(19)18-8-4-3-5-12(18)13(20)15-7-10-21-14-16-6-9-17(14)2/h6,9,12H,3-5,7-8,10H2,1-2H3,(H,15,20)/t12-/m0/s1. The number of carbonyl (C=O) groups excluding carboxylic acids is 2. The summed E-state index contributed by atoms with van der Waals surface area (Å²) in [4.78, 5) is 29.7. The maximum absolute atomic E-state index is 12.2. The minimum Gasteiger partial charge on any atom is -0.353 e. The maximum Gasteiger partial charge on any atom is 0.242 e. The van der Waals surface area contributed by atoms with Gasteiger partial charge in [-0.1, -0.05) is 11.8 Å². The normalized spacial score (nSPS) is 18.6. The van der Waals surface area contributed by atoms with E-state index in [1.165, 1.54) is 6.92 Å². The molecule has 1 aliphatic heterocycles. The highest BCUT2D eigenvalue weighted by Crippen LogP contribution is 2.17. The van der Waals surface area contributed by atoms with Crippen LogP contribution in [0.1, 0.15) is 26.2 Å². The highest BCUT2D eigenvalue weighted by molar-refractivity contribution is 7.99. The van der Waals surface area contributed by atoms with Gasteiger partial charge in [0.2, 0.25) is 11.8 Å². The van der Waals surface area contributed by atoms with Crippen molar-refractivity contribution in [3.05, 3.63) is 12.4 Å². The van der Waals surface area contributed by atoms with E-state index < -0.39 is 0 Å². The molecule has 1 atom stereocenters. The van der Waals surface area contributed by atoms with E-state index in [9.17, 15) is 9.59 Å². The van der Waals surface area contributed by atoms with Crippen molar-refractivity contribution in [3.63, 3.8) is 0 Å². The fraction of sp³-hybridized carbons (Fsp3) is 0.643. The molecule has 2 heterocycles. The quantitative estimate of drug-likeness (QED) is 0.651.